The van der Waals surface area contributed by atoms with E-state index in [4.69, 9.17) is 0 Å². The summed E-state index contributed by atoms with van der Waals surface area (Å²) < 4.78 is 0. The highest BCUT2D eigenvalue weighted by Crippen LogP contribution is 1.97. The zero-order valence-corrected chi connectivity index (χ0v) is 7.81. The molecule has 0 aliphatic rings. The van der Waals surface area contributed by atoms with Crippen molar-refractivity contribution in [1.29, 1.82) is 0 Å². The molecule has 0 N–H and O–H groups in total. The largest absolute Gasteiger partial charge is 0.278 e. The van der Waals surface area contributed by atoms with Gasteiger partial charge < -0.3 is 0 Å². The van der Waals surface area contributed by atoms with Gasteiger partial charge in [-0.25, -0.2) is 5.11 Å². The molecular weight excluding hydrogens is 138 g/mol. The van der Waals surface area contributed by atoms with E-state index in [1.54, 1.807) is 0 Å². The van der Waals surface area contributed by atoms with Crippen molar-refractivity contribution in [2.45, 2.75) is 39.5 Å². The third-order valence-corrected chi connectivity index (χ3v) is 1.84. The van der Waals surface area contributed by atoms with Crippen molar-refractivity contribution in [2.24, 2.45) is 0 Å². The van der Waals surface area contributed by atoms with Crippen LogP contribution in [-0.2, 0) is 5.11 Å². The van der Waals surface area contributed by atoms with Gasteiger partial charge in [-0.3, -0.25) is 4.90 Å². The molecule has 0 saturated carbocycles. The SMILES string of the molecule is CCCCN(C[O])CCCC. The highest BCUT2D eigenvalue weighted by Gasteiger charge is 2.00. The molecule has 2 nitrogen and oxygen atoms in total. The predicted octanol–water partition coefficient (Wildman–Crippen LogP) is 2.28. The van der Waals surface area contributed by atoms with Gasteiger partial charge >= 0.3 is 0 Å². The molecule has 0 fully saturated rings. The number of hydrogen-bond acceptors (Lipinski definition) is 1. The van der Waals surface area contributed by atoms with Gasteiger partial charge in [0.25, 0.3) is 0 Å². The number of nitrogens with zero attached hydrogens (tertiary/aromatic N) is 1. The normalized spacial score (nSPS) is 10.9. The highest BCUT2D eigenvalue weighted by atomic mass is 16.3. The molecule has 0 saturated heterocycles. The third-order valence-electron chi connectivity index (χ3n) is 1.84. The van der Waals surface area contributed by atoms with E-state index in [9.17, 15) is 5.11 Å². The second-order valence-electron chi connectivity index (χ2n) is 2.95. The number of unbranched alkanes of at least 4 members (excludes halogenated alkanes) is 2. The molecular formula is C9H20NO. The topological polar surface area (TPSA) is 23.1 Å². The van der Waals surface area contributed by atoms with Crippen molar-refractivity contribution in [3.63, 3.8) is 0 Å². The Morgan fingerprint density at radius 3 is 1.73 bits per heavy atom. The van der Waals surface area contributed by atoms with Gasteiger partial charge in [-0.15, -0.1) is 0 Å². The van der Waals surface area contributed by atoms with Crippen molar-refractivity contribution in [1.82, 2.24) is 4.90 Å². The van der Waals surface area contributed by atoms with E-state index in [1.807, 2.05) is 4.90 Å². The fourth-order valence-corrected chi connectivity index (χ4v) is 1.00. The monoisotopic (exact) mass is 158 g/mol. The Balaban J connectivity index is 3.25. The Bertz CT molecular complexity index is 68.0. The lowest BCUT2D eigenvalue weighted by molar-refractivity contribution is 0.0493. The van der Waals surface area contributed by atoms with E-state index in [-0.39, 0.29) is 6.73 Å². The van der Waals surface area contributed by atoms with Crippen LogP contribution in [0, 0.1) is 0 Å². The molecule has 0 heterocycles. The fraction of sp³-hybridized carbons (Fsp3) is 1.00. The average Bonchev–Trinajstić information content (AvgIpc) is 2.05. The Kier molecular flexibility index (Phi) is 7.96. The minimum Gasteiger partial charge on any atom is -0.278 e. The van der Waals surface area contributed by atoms with Crippen LogP contribution < -0.4 is 0 Å². The summed E-state index contributed by atoms with van der Waals surface area (Å²) in [4.78, 5) is 1.99. The Morgan fingerprint density at radius 2 is 1.45 bits per heavy atom. The zero-order chi connectivity index (χ0) is 8.53. The van der Waals surface area contributed by atoms with E-state index < -0.39 is 0 Å². The standard InChI is InChI=1S/C9H20NO/c1-3-5-7-10(9-11)8-6-4-2/h3-9H2,1-2H3. The van der Waals surface area contributed by atoms with E-state index in [2.05, 4.69) is 13.8 Å². The molecule has 0 rings (SSSR count). The number of rotatable bonds is 7. The first-order valence-corrected chi connectivity index (χ1v) is 4.65. The van der Waals surface area contributed by atoms with Crippen LogP contribution in [0.5, 0.6) is 0 Å². The van der Waals surface area contributed by atoms with Gasteiger partial charge in [0.05, 0.1) is 0 Å². The summed E-state index contributed by atoms with van der Waals surface area (Å²) in [6.07, 6.45) is 4.68. The molecule has 0 aromatic rings. The summed E-state index contributed by atoms with van der Waals surface area (Å²) in [7, 11) is 0. The maximum atomic E-state index is 10.6. The van der Waals surface area contributed by atoms with Crippen molar-refractivity contribution < 1.29 is 5.11 Å². The summed E-state index contributed by atoms with van der Waals surface area (Å²) >= 11 is 0. The maximum Gasteiger partial charge on any atom is 0.135 e. The third kappa shape index (κ3) is 6.32. The first kappa shape index (κ1) is 10.9. The van der Waals surface area contributed by atoms with Gasteiger partial charge in [-0.1, -0.05) is 26.7 Å². The summed E-state index contributed by atoms with van der Waals surface area (Å²) in [5, 5.41) is 10.6. The van der Waals surface area contributed by atoms with Crippen LogP contribution in [0.25, 0.3) is 0 Å². The second-order valence-corrected chi connectivity index (χ2v) is 2.95. The Labute approximate surface area is 70.2 Å². The predicted molar refractivity (Wildman–Crippen MR) is 46.9 cm³/mol. The van der Waals surface area contributed by atoms with E-state index in [0.29, 0.717) is 0 Å². The molecule has 0 aromatic heterocycles. The van der Waals surface area contributed by atoms with Crippen LogP contribution in [0.1, 0.15) is 39.5 Å². The van der Waals surface area contributed by atoms with E-state index in [0.717, 1.165) is 25.9 Å². The van der Waals surface area contributed by atoms with E-state index >= 15 is 0 Å². The van der Waals surface area contributed by atoms with Crippen molar-refractivity contribution >= 4 is 0 Å². The van der Waals surface area contributed by atoms with Gasteiger partial charge in [0, 0.05) is 13.1 Å². The van der Waals surface area contributed by atoms with Gasteiger partial charge in [-0.2, -0.15) is 0 Å². The molecule has 67 valence electrons. The molecule has 0 aliphatic heterocycles. The molecule has 0 atom stereocenters. The van der Waals surface area contributed by atoms with Crippen LogP contribution in [0.3, 0.4) is 0 Å². The summed E-state index contributed by atoms with van der Waals surface area (Å²) in [5.74, 6) is 0. The maximum absolute atomic E-state index is 10.6. The fourth-order valence-electron chi connectivity index (χ4n) is 1.00. The lowest BCUT2D eigenvalue weighted by atomic mass is 10.3. The van der Waals surface area contributed by atoms with Gasteiger partial charge in [0.15, 0.2) is 0 Å². The smallest absolute Gasteiger partial charge is 0.135 e. The molecule has 0 spiro atoms. The van der Waals surface area contributed by atoms with Crippen LogP contribution >= 0.6 is 0 Å². The zero-order valence-electron chi connectivity index (χ0n) is 7.81. The minimum atomic E-state index is -0.0278. The molecule has 0 unspecified atom stereocenters. The van der Waals surface area contributed by atoms with Crippen LogP contribution in [0.15, 0.2) is 0 Å². The van der Waals surface area contributed by atoms with Crippen molar-refractivity contribution in [2.75, 3.05) is 19.8 Å². The first-order valence-electron chi connectivity index (χ1n) is 4.65. The Hall–Kier alpha value is -0.0800. The first-order chi connectivity index (χ1) is 5.35. The van der Waals surface area contributed by atoms with Gasteiger partial charge in [0.1, 0.15) is 6.73 Å². The summed E-state index contributed by atoms with van der Waals surface area (Å²) in [5.41, 5.74) is 0. The van der Waals surface area contributed by atoms with Gasteiger partial charge in [0.2, 0.25) is 0 Å². The molecule has 0 aliphatic carbocycles. The van der Waals surface area contributed by atoms with Crippen LogP contribution in [0.2, 0.25) is 0 Å². The molecule has 2 heteroatoms. The average molecular weight is 158 g/mol. The van der Waals surface area contributed by atoms with Gasteiger partial charge in [-0.05, 0) is 12.8 Å². The lowest BCUT2D eigenvalue weighted by Gasteiger charge is -2.16. The minimum absolute atomic E-state index is 0.0278. The molecule has 0 bridgehead atoms. The Morgan fingerprint density at radius 1 is 1.00 bits per heavy atom. The highest BCUT2D eigenvalue weighted by molar-refractivity contribution is 4.51. The summed E-state index contributed by atoms with van der Waals surface area (Å²) in [6.45, 7) is 6.26. The molecule has 0 amide bonds. The quantitative estimate of drug-likeness (QED) is 0.521. The molecule has 0 aromatic carbocycles. The lowest BCUT2D eigenvalue weighted by Crippen LogP contribution is -2.26. The van der Waals surface area contributed by atoms with Crippen molar-refractivity contribution in [3.05, 3.63) is 0 Å². The second kappa shape index (κ2) is 8.02. The number of hydrogen-bond donors (Lipinski definition) is 0. The summed E-state index contributed by atoms with van der Waals surface area (Å²) in [6, 6.07) is 0. The van der Waals surface area contributed by atoms with Crippen LogP contribution in [0.4, 0.5) is 0 Å². The van der Waals surface area contributed by atoms with Crippen molar-refractivity contribution in [3.8, 4) is 0 Å². The van der Waals surface area contributed by atoms with E-state index in [1.165, 1.54) is 12.8 Å². The molecule has 11 heavy (non-hydrogen) atoms. The van der Waals surface area contributed by atoms with Crippen LogP contribution in [-0.4, -0.2) is 24.7 Å². The molecule has 1 radical (unpaired) electrons.